The lowest BCUT2D eigenvalue weighted by Crippen LogP contribution is -2.64. The quantitative estimate of drug-likeness (QED) is 0.0162. The Morgan fingerprint density at radius 1 is 0.554 bits per heavy atom. The summed E-state index contributed by atoms with van der Waals surface area (Å²) in [5, 5.41) is 50.0. The average Bonchev–Trinajstić information content (AvgIpc) is 3.18. The van der Waals surface area contributed by atoms with Crippen LogP contribution < -0.4 is 0 Å². The highest BCUT2D eigenvalue weighted by atomic mass is 31.2. The van der Waals surface area contributed by atoms with Crippen LogP contribution in [0, 0.1) is 0 Å². The Bertz CT molecular complexity index is 1130. The minimum Gasteiger partial charge on any atom is -0.462 e. The maximum absolute atomic E-state index is 12.8. The summed E-state index contributed by atoms with van der Waals surface area (Å²) >= 11 is 0. The molecule has 6 unspecified atom stereocenters. The number of carbonyl (C=O) groups excluding carboxylic acids is 2. The lowest BCUT2D eigenvalue weighted by molar-refractivity contribution is -0.220. The minimum absolute atomic E-state index is 0.0858. The third-order valence-electron chi connectivity index (χ3n) is 9.68. The Morgan fingerprint density at radius 2 is 1.00 bits per heavy atom. The summed E-state index contributed by atoms with van der Waals surface area (Å²) in [7, 11) is -5.11. The van der Waals surface area contributed by atoms with Gasteiger partial charge in [0.05, 0.1) is 6.61 Å². The Labute approximate surface area is 336 Å². The summed E-state index contributed by atoms with van der Waals surface area (Å²) in [5.41, 5.74) is 0. The van der Waals surface area contributed by atoms with Crippen LogP contribution in [0.4, 0.5) is 0 Å². The molecule has 0 aromatic rings. The zero-order chi connectivity index (χ0) is 41.4. The van der Waals surface area contributed by atoms with E-state index in [0.717, 1.165) is 103 Å². The van der Waals surface area contributed by atoms with Gasteiger partial charge in [0.2, 0.25) is 0 Å². The monoisotopic (exact) mass is 818 g/mol. The Hall–Kier alpha value is -1.93. The highest BCUT2D eigenvalue weighted by molar-refractivity contribution is 7.47. The molecule has 0 heterocycles. The van der Waals surface area contributed by atoms with Crippen molar-refractivity contribution in [2.24, 2.45) is 0 Å². The molecule has 0 saturated heterocycles. The first-order chi connectivity index (χ1) is 26.9. The summed E-state index contributed by atoms with van der Waals surface area (Å²) in [6.07, 6.45) is 22.1. The number of esters is 2. The maximum atomic E-state index is 12.8. The van der Waals surface area contributed by atoms with Gasteiger partial charge in [0.25, 0.3) is 0 Å². The number of hydrogen-bond donors (Lipinski definition) is 6. The van der Waals surface area contributed by atoms with Gasteiger partial charge >= 0.3 is 19.8 Å². The molecule has 1 aliphatic carbocycles. The molecule has 6 atom stereocenters. The SMILES string of the molecule is CCC/C=C\CCCCCCCC(=O)OCC(COP(=O)(O)OC1C(O)C(O)C(O)C(O)C1O)OC(=O)CCCCCCCCC/C=C\C/C=C\CCCCC. The lowest BCUT2D eigenvalue weighted by atomic mass is 9.85. The van der Waals surface area contributed by atoms with Crippen molar-refractivity contribution in [1.29, 1.82) is 0 Å². The second kappa shape index (κ2) is 33.0. The molecule has 0 radical (unpaired) electrons. The zero-order valence-electron chi connectivity index (χ0n) is 34.2. The topological polar surface area (TPSA) is 210 Å². The van der Waals surface area contributed by atoms with Crippen molar-refractivity contribution >= 4 is 19.8 Å². The average molecular weight is 819 g/mol. The van der Waals surface area contributed by atoms with Gasteiger partial charge in [-0.15, -0.1) is 0 Å². The fraction of sp³-hybridized carbons (Fsp3) is 0.810. The van der Waals surface area contributed by atoms with E-state index in [4.69, 9.17) is 18.5 Å². The molecule has 0 bridgehead atoms. The first kappa shape index (κ1) is 52.1. The van der Waals surface area contributed by atoms with Gasteiger partial charge in [-0.1, -0.05) is 121 Å². The van der Waals surface area contributed by atoms with Crippen molar-refractivity contribution in [3.8, 4) is 0 Å². The van der Waals surface area contributed by atoms with Gasteiger partial charge in [0.15, 0.2) is 6.10 Å². The normalized spacial score (nSPS) is 23.2. The van der Waals surface area contributed by atoms with E-state index in [1.807, 2.05) is 0 Å². The molecule has 0 aliphatic heterocycles. The van der Waals surface area contributed by atoms with Crippen LogP contribution in [0.25, 0.3) is 0 Å². The molecule has 326 valence electrons. The number of aliphatic hydroxyl groups is 5. The minimum atomic E-state index is -5.11. The molecule has 0 aromatic carbocycles. The third kappa shape index (κ3) is 25.4. The molecule has 1 fully saturated rings. The Kier molecular flexibility index (Phi) is 30.7. The number of allylic oxidation sites excluding steroid dienone is 6. The summed E-state index contributed by atoms with van der Waals surface area (Å²) in [6.45, 7) is 3.17. The maximum Gasteiger partial charge on any atom is 0.472 e. The molecular weight excluding hydrogens is 743 g/mol. The number of phosphoric acid groups is 1. The van der Waals surface area contributed by atoms with E-state index in [-0.39, 0.29) is 12.8 Å². The molecule has 14 heteroatoms. The molecule has 1 aliphatic rings. The van der Waals surface area contributed by atoms with Crippen molar-refractivity contribution in [2.75, 3.05) is 13.2 Å². The van der Waals surface area contributed by atoms with Crippen molar-refractivity contribution in [3.05, 3.63) is 36.5 Å². The first-order valence-electron chi connectivity index (χ1n) is 21.3. The molecule has 0 aromatic heterocycles. The van der Waals surface area contributed by atoms with Crippen LogP contribution in [-0.4, -0.2) is 98.3 Å². The van der Waals surface area contributed by atoms with E-state index < -0.39 is 75.7 Å². The molecule has 1 saturated carbocycles. The molecule has 56 heavy (non-hydrogen) atoms. The smallest absolute Gasteiger partial charge is 0.462 e. The van der Waals surface area contributed by atoms with Crippen LogP contribution in [0.3, 0.4) is 0 Å². The summed E-state index contributed by atoms with van der Waals surface area (Å²) in [6, 6.07) is 0. The lowest BCUT2D eigenvalue weighted by Gasteiger charge is -2.41. The highest BCUT2D eigenvalue weighted by Gasteiger charge is 2.51. The number of phosphoric ester groups is 1. The van der Waals surface area contributed by atoms with Crippen LogP contribution in [0.1, 0.15) is 162 Å². The van der Waals surface area contributed by atoms with Gasteiger partial charge < -0.3 is 39.9 Å². The number of unbranched alkanes of at least 4 members (excludes halogenated alkanes) is 16. The Balaban J connectivity index is 2.49. The number of carbonyl (C=O) groups is 2. The van der Waals surface area contributed by atoms with Gasteiger partial charge in [-0.3, -0.25) is 18.6 Å². The molecule has 13 nitrogen and oxygen atoms in total. The van der Waals surface area contributed by atoms with Crippen LogP contribution in [-0.2, 0) is 32.7 Å². The molecule has 0 spiro atoms. The largest absolute Gasteiger partial charge is 0.472 e. The van der Waals surface area contributed by atoms with Crippen LogP contribution >= 0.6 is 7.82 Å². The van der Waals surface area contributed by atoms with Crippen molar-refractivity contribution in [1.82, 2.24) is 0 Å². The summed E-state index contributed by atoms with van der Waals surface area (Å²) in [4.78, 5) is 35.5. The molecule has 6 N–H and O–H groups in total. The van der Waals surface area contributed by atoms with Gasteiger partial charge in [-0.05, 0) is 64.2 Å². The zero-order valence-corrected chi connectivity index (χ0v) is 35.1. The predicted octanol–water partition coefficient (Wildman–Crippen LogP) is 7.44. The van der Waals surface area contributed by atoms with E-state index in [1.165, 1.54) is 19.3 Å². The van der Waals surface area contributed by atoms with Crippen molar-refractivity contribution < 1.29 is 63.1 Å². The number of hydrogen-bond acceptors (Lipinski definition) is 12. The van der Waals surface area contributed by atoms with E-state index in [0.29, 0.717) is 12.8 Å². The third-order valence-corrected chi connectivity index (χ3v) is 10.7. The van der Waals surface area contributed by atoms with E-state index in [2.05, 4.69) is 50.3 Å². The standard InChI is InChI=1S/C42H75O13P/c1-3-5-7-9-11-13-15-16-17-18-19-20-21-23-25-27-29-31-36(44)54-34(32-52-35(43)30-28-26-24-22-14-12-10-8-6-4-2)33-53-56(50,51)55-42-40(48)38(46)37(45)39(47)41(42)49/h8,10-11,13,16-17,34,37-42,45-49H,3-7,9,12,14-15,18-33H2,1-2H3,(H,50,51)/b10-8-,13-11-,17-16-. The van der Waals surface area contributed by atoms with Crippen LogP contribution in [0.5, 0.6) is 0 Å². The number of aliphatic hydroxyl groups excluding tert-OH is 5. The Morgan fingerprint density at radius 3 is 1.54 bits per heavy atom. The second-order valence-corrected chi connectivity index (χ2v) is 16.2. The number of rotatable bonds is 34. The van der Waals surface area contributed by atoms with Crippen LogP contribution in [0.2, 0.25) is 0 Å². The van der Waals surface area contributed by atoms with Gasteiger partial charge in [0, 0.05) is 12.8 Å². The van der Waals surface area contributed by atoms with Crippen molar-refractivity contribution in [3.63, 3.8) is 0 Å². The predicted molar refractivity (Wildman–Crippen MR) is 216 cm³/mol. The van der Waals surface area contributed by atoms with E-state index >= 15 is 0 Å². The van der Waals surface area contributed by atoms with Gasteiger partial charge in [-0.2, -0.15) is 0 Å². The number of ether oxygens (including phenoxy) is 2. The molecular formula is C42H75O13P. The fourth-order valence-corrected chi connectivity index (χ4v) is 7.17. The highest BCUT2D eigenvalue weighted by Crippen LogP contribution is 2.47. The summed E-state index contributed by atoms with van der Waals surface area (Å²) < 4.78 is 33.4. The van der Waals surface area contributed by atoms with Crippen LogP contribution in [0.15, 0.2) is 36.5 Å². The molecule has 0 amide bonds. The fourth-order valence-electron chi connectivity index (χ4n) is 6.20. The second-order valence-electron chi connectivity index (χ2n) is 14.8. The van der Waals surface area contributed by atoms with Gasteiger partial charge in [0.1, 0.15) is 43.2 Å². The van der Waals surface area contributed by atoms with E-state index in [1.54, 1.807) is 0 Å². The van der Waals surface area contributed by atoms with Gasteiger partial charge in [-0.25, -0.2) is 4.57 Å². The summed E-state index contributed by atoms with van der Waals surface area (Å²) in [5.74, 6) is -1.12. The first-order valence-corrected chi connectivity index (χ1v) is 22.8. The van der Waals surface area contributed by atoms with Crippen molar-refractivity contribution in [2.45, 2.75) is 204 Å². The van der Waals surface area contributed by atoms with E-state index in [9.17, 15) is 44.6 Å². The molecule has 1 rings (SSSR count).